The highest BCUT2D eigenvalue weighted by Crippen LogP contribution is 2.35. The largest absolute Gasteiger partial charge is 0.324 e. The number of aromatic nitrogens is 1. The average Bonchev–Trinajstić information content (AvgIpc) is 3.13. The summed E-state index contributed by atoms with van der Waals surface area (Å²) in [5.74, 6) is 0.435. The number of para-hydroxylation sites is 2. The fourth-order valence-corrected chi connectivity index (χ4v) is 5.34. The predicted octanol–water partition coefficient (Wildman–Crippen LogP) is 5.89. The van der Waals surface area contributed by atoms with Crippen LogP contribution >= 0.6 is 11.3 Å². The summed E-state index contributed by atoms with van der Waals surface area (Å²) < 4.78 is 1.22. The fourth-order valence-electron chi connectivity index (χ4n) is 4.20. The van der Waals surface area contributed by atoms with Crippen LogP contribution in [0.3, 0.4) is 0 Å². The predicted molar refractivity (Wildman–Crippen MR) is 122 cm³/mol. The van der Waals surface area contributed by atoms with E-state index in [1.54, 1.807) is 11.3 Å². The average molecular weight is 408 g/mol. The van der Waals surface area contributed by atoms with Crippen molar-refractivity contribution in [2.45, 2.75) is 52.0 Å². The molecule has 1 amide bonds. The molecular formula is C24H29N3OS. The lowest BCUT2D eigenvalue weighted by atomic mass is 9.98. The maximum Gasteiger partial charge on any atom is 0.238 e. The van der Waals surface area contributed by atoms with E-state index in [2.05, 4.69) is 67.4 Å². The summed E-state index contributed by atoms with van der Waals surface area (Å²) in [6.07, 6.45) is 3.39. The number of rotatable bonds is 5. The maximum atomic E-state index is 13.0. The van der Waals surface area contributed by atoms with Gasteiger partial charge in [-0.05, 0) is 55.5 Å². The number of fused-ring (bicyclic) bond motifs is 1. The van der Waals surface area contributed by atoms with Crippen LogP contribution in [0, 0.1) is 6.92 Å². The van der Waals surface area contributed by atoms with Crippen LogP contribution in [0.4, 0.5) is 5.69 Å². The molecule has 152 valence electrons. The number of carbonyl (C=O) groups is 1. The van der Waals surface area contributed by atoms with Gasteiger partial charge in [-0.3, -0.25) is 9.69 Å². The number of anilines is 1. The molecule has 1 aliphatic rings. The molecule has 0 saturated carbocycles. The van der Waals surface area contributed by atoms with Gasteiger partial charge in [0.25, 0.3) is 0 Å². The number of piperidine rings is 1. The molecule has 0 unspecified atom stereocenters. The summed E-state index contributed by atoms with van der Waals surface area (Å²) in [6, 6.07) is 14.8. The van der Waals surface area contributed by atoms with Gasteiger partial charge in [0.15, 0.2) is 0 Å². The molecule has 0 radical (unpaired) electrons. The summed E-state index contributed by atoms with van der Waals surface area (Å²) in [6.45, 7) is 7.74. The first-order valence-electron chi connectivity index (χ1n) is 10.5. The van der Waals surface area contributed by atoms with Crippen molar-refractivity contribution in [1.29, 1.82) is 0 Å². The van der Waals surface area contributed by atoms with Crippen LogP contribution in [-0.2, 0) is 4.79 Å². The highest BCUT2D eigenvalue weighted by molar-refractivity contribution is 7.18. The molecule has 1 aromatic heterocycles. The summed E-state index contributed by atoms with van der Waals surface area (Å²) in [5, 5.41) is 4.34. The molecule has 2 aromatic carbocycles. The van der Waals surface area contributed by atoms with Gasteiger partial charge < -0.3 is 5.32 Å². The monoisotopic (exact) mass is 407 g/mol. The second kappa shape index (κ2) is 8.64. The smallest absolute Gasteiger partial charge is 0.238 e. The fraction of sp³-hybridized carbons (Fsp3) is 0.417. The van der Waals surface area contributed by atoms with E-state index in [0.717, 1.165) is 41.2 Å². The van der Waals surface area contributed by atoms with Crippen LogP contribution in [0.5, 0.6) is 0 Å². The number of hydrogen-bond donors (Lipinski definition) is 1. The maximum absolute atomic E-state index is 13.0. The Morgan fingerprint density at radius 2 is 2.03 bits per heavy atom. The molecule has 1 atom stereocenters. The lowest BCUT2D eigenvalue weighted by Gasteiger charge is -2.34. The summed E-state index contributed by atoms with van der Waals surface area (Å²) in [4.78, 5) is 20.2. The normalized spacial score (nSPS) is 17.7. The van der Waals surface area contributed by atoms with Crippen LogP contribution in [0.1, 0.15) is 61.2 Å². The lowest BCUT2D eigenvalue weighted by molar-refractivity contribution is -0.118. The molecule has 1 fully saturated rings. The third-order valence-electron chi connectivity index (χ3n) is 5.75. The zero-order valence-electron chi connectivity index (χ0n) is 17.4. The number of carbonyl (C=O) groups excluding carboxylic acids is 1. The van der Waals surface area contributed by atoms with Crippen molar-refractivity contribution in [3.8, 4) is 0 Å². The number of amides is 1. The topological polar surface area (TPSA) is 45.2 Å². The minimum atomic E-state index is 0.0641. The molecule has 1 aliphatic heterocycles. The van der Waals surface area contributed by atoms with Crippen LogP contribution in [-0.4, -0.2) is 28.9 Å². The van der Waals surface area contributed by atoms with E-state index < -0.39 is 0 Å². The van der Waals surface area contributed by atoms with Crippen molar-refractivity contribution in [1.82, 2.24) is 9.88 Å². The standard InChI is InChI=1S/C24H29N3OS/c1-16(2)18-10-8-9-17(3)23(18)26-22(28)15-27-14-7-6-12-20(27)24-25-19-11-4-5-13-21(19)29-24/h4-5,8-11,13,16,20H,6-7,12,14-15H2,1-3H3,(H,26,28)/t20-/m0/s1. The van der Waals surface area contributed by atoms with Crippen molar-refractivity contribution >= 4 is 33.1 Å². The summed E-state index contributed by atoms with van der Waals surface area (Å²) in [5.41, 5.74) is 4.34. The Balaban J connectivity index is 1.52. The second-order valence-corrected chi connectivity index (χ2v) is 9.31. The van der Waals surface area contributed by atoms with E-state index in [9.17, 15) is 4.79 Å². The minimum absolute atomic E-state index is 0.0641. The molecule has 1 saturated heterocycles. The van der Waals surface area contributed by atoms with Gasteiger partial charge >= 0.3 is 0 Å². The quantitative estimate of drug-likeness (QED) is 0.573. The van der Waals surface area contributed by atoms with E-state index in [1.807, 2.05) is 6.07 Å². The highest BCUT2D eigenvalue weighted by Gasteiger charge is 2.28. The molecule has 2 heterocycles. The highest BCUT2D eigenvalue weighted by atomic mass is 32.1. The van der Waals surface area contributed by atoms with Gasteiger partial charge in [-0.2, -0.15) is 0 Å². The Hall–Kier alpha value is -2.24. The Morgan fingerprint density at radius 1 is 1.21 bits per heavy atom. The number of aryl methyl sites for hydroxylation is 1. The van der Waals surface area contributed by atoms with E-state index in [4.69, 9.17) is 4.98 Å². The van der Waals surface area contributed by atoms with E-state index in [0.29, 0.717) is 12.5 Å². The van der Waals surface area contributed by atoms with Crippen molar-refractivity contribution in [2.75, 3.05) is 18.4 Å². The van der Waals surface area contributed by atoms with Gasteiger partial charge in [0.05, 0.1) is 22.8 Å². The van der Waals surface area contributed by atoms with Gasteiger partial charge in [-0.15, -0.1) is 11.3 Å². The Labute approximate surface area is 177 Å². The summed E-state index contributed by atoms with van der Waals surface area (Å²) in [7, 11) is 0. The molecule has 5 heteroatoms. The molecule has 0 aliphatic carbocycles. The van der Waals surface area contributed by atoms with Gasteiger partial charge in [0.1, 0.15) is 5.01 Å². The molecule has 29 heavy (non-hydrogen) atoms. The number of nitrogens with zero attached hydrogens (tertiary/aromatic N) is 2. The van der Waals surface area contributed by atoms with Gasteiger partial charge in [0, 0.05) is 5.69 Å². The molecular weight excluding hydrogens is 378 g/mol. The number of likely N-dealkylation sites (tertiary alicyclic amines) is 1. The Bertz CT molecular complexity index is 977. The second-order valence-electron chi connectivity index (χ2n) is 8.24. The van der Waals surface area contributed by atoms with Crippen molar-refractivity contribution < 1.29 is 4.79 Å². The number of nitrogens with one attached hydrogen (secondary N) is 1. The molecule has 4 nitrogen and oxygen atoms in total. The van der Waals surface area contributed by atoms with E-state index in [-0.39, 0.29) is 11.9 Å². The van der Waals surface area contributed by atoms with Crippen molar-refractivity contribution in [3.63, 3.8) is 0 Å². The van der Waals surface area contributed by atoms with Crippen LogP contribution in [0.2, 0.25) is 0 Å². The van der Waals surface area contributed by atoms with Gasteiger partial charge in [0.2, 0.25) is 5.91 Å². The van der Waals surface area contributed by atoms with E-state index in [1.165, 1.54) is 16.7 Å². The Morgan fingerprint density at radius 3 is 2.83 bits per heavy atom. The van der Waals surface area contributed by atoms with Crippen LogP contribution in [0.15, 0.2) is 42.5 Å². The number of hydrogen-bond acceptors (Lipinski definition) is 4. The third kappa shape index (κ3) is 4.36. The van der Waals surface area contributed by atoms with Crippen molar-refractivity contribution in [3.05, 3.63) is 58.6 Å². The van der Waals surface area contributed by atoms with Crippen LogP contribution in [0.25, 0.3) is 10.2 Å². The molecule has 1 N–H and O–H groups in total. The van der Waals surface area contributed by atoms with Crippen molar-refractivity contribution in [2.24, 2.45) is 0 Å². The zero-order valence-corrected chi connectivity index (χ0v) is 18.3. The number of benzene rings is 2. The molecule has 0 bridgehead atoms. The Kier molecular flexibility index (Phi) is 5.97. The number of thiazole rings is 1. The molecule has 4 rings (SSSR count). The summed E-state index contributed by atoms with van der Waals surface area (Å²) >= 11 is 1.76. The van der Waals surface area contributed by atoms with Gasteiger partial charge in [-0.1, -0.05) is 50.6 Å². The first-order valence-corrected chi connectivity index (χ1v) is 11.3. The lowest BCUT2D eigenvalue weighted by Crippen LogP contribution is -2.39. The third-order valence-corrected chi connectivity index (χ3v) is 6.88. The minimum Gasteiger partial charge on any atom is -0.324 e. The first-order chi connectivity index (χ1) is 14.0. The molecule has 3 aromatic rings. The SMILES string of the molecule is Cc1cccc(C(C)C)c1NC(=O)CN1CCCC[C@H]1c1nc2ccccc2s1. The van der Waals surface area contributed by atoms with Gasteiger partial charge in [-0.25, -0.2) is 4.98 Å². The zero-order chi connectivity index (χ0) is 20.4. The van der Waals surface area contributed by atoms with Crippen LogP contribution < -0.4 is 5.32 Å². The van der Waals surface area contributed by atoms with E-state index >= 15 is 0 Å². The first kappa shape index (κ1) is 20.0. The molecule has 0 spiro atoms.